The summed E-state index contributed by atoms with van der Waals surface area (Å²) in [7, 11) is 1.48. The van der Waals surface area contributed by atoms with Crippen molar-refractivity contribution < 1.29 is 13.9 Å². The lowest BCUT2D eigenvalue weighted by molar-refractivity contribution is 0.144. The molecule has 1 rings (SSSR count). The molecule has 0 saturated heterocycles. The van der Waals surface area contributed by atoms with Crippen LogP contribution in [0.5, 0.6) is 5.75 Å². The van der Waals surface area contributed by atoms with Crippen LogP contribution in [0.2, 0.25) is 0 Å². The molecule has 0 radical (unpaired) electrons. The van der Waals surface area contributed by atoms with Gasteiger partial charge in [0.2, 0.25) is 0 Å². The molecule has 0 aliphatic heterocycles. The van der Waals surface area contributed by atoms with E-state index in [1.807, 2.05) is 0 Å². The first-order valence-electron chi connectivity index (χ1n) is 5.79. The Kier molecular flexibility index (Phi) is 6.21. The van der Waals surface area contributed by atoms with Crippen LogP contribution < -0.4 is 10.1 Å². The number of para-hydroxylation sites is 1. The van der Waals surface area contributed by atoms with Gasteiger partial charge in [0.25, 0.3) is 0 Å². The number of rotatable bonds is 6. The van der Waals surface area contributed by atoms with Gasteiger partial charge in [0.1, 0.15) is 30.5 Å². The summed E-state index contributed by atoms with van der Waals surface area (Å²) in [6.07, 6.45) is 0. The van der Waals surface area contributed by atoms with Gasteiger partial charge >= 0.3 is 0 Å². The van der Waals surface area contributed by atoms with E-state index in [2.05, 4.69) is 5.32 Å². The van der Waals surface area contributed by atoms with Gasteiger partial charge in [-0.15, -0.1) is 0 Å². The molecule has 0 fully saturated rings. The van der Waals surface area contributed by atoms with Crippen molar-refractivity contribution in [2.45, 2.75) is 0 Å². The van der Waals surface area contributed by atoms with Gasteiger partial charge in [-0.05, 0) is 12.1 Å². The smallest absolute Gasteiger partial charge is 0.178 e. The molecule has 1 aromatic rings. The highest BCUT2D eigenvalue weighted by Gasteiger charge is 2.13. The molecule has 0 aliphatic carbocycles. The highest BCUT2D eigenvalue weighted by atomic mass is 19.1. The number of hydrogen-bond acceptors (Lipinski definition) is 6. The van der Waals surface area contributed by atoms with E-state index < -0.39 is 11.4 Å². The van der Waals surface area contributed by atoms with E-state index >= 15 is 0 Å². The third-order valence-electron chi connectivity index (χ3n) is 2.35. The van der Waals surface area contributed by atoms with Crippen LogP contribution in [-0.4, -0.2) is 20.3 Å². The minimum atomic E-state index is -0.635. The summed E-state index contributed by atoms with van der Waals surface area (Å²) >= 11 is 0. The van der Waals surface area contributed by atoms with Crippen molar-refractivity contribution in [2.24, 2.45) is 0 Å². The molecule has 0 heterocycles. The van der Waals surface area contributed by atoms with Crippen molar-refractivity contribution in [3.8, 4) is 24.0 Å². The van der Waals surface area contributed by atoms with Gasteiger partial charge in [0.05, 0.1) is 12.3 Å². The summed E-state index contributed by atoms with van der Waals surface area (Å²) in [6.45, 7) is 0.372. The maximum absolute atomic E-state index is 13.8. The summed E-state index contributed by atoms with van der Waals surface area (Å²) in [5, 5.41) is 29.0. The van der Waals surface area contributed by atoms with Crippen LogP contribution in [0, 0.1) is 39.8 Å². The third kappa shape index (κ3) is 4.21. The van der Waals surface area contributed by atoms with E-state index in [1.165, 1.54) is 25.3 Å². The van der Waals surface area contributed by atoms with E-state index in [0.717, 1.165) is 0 Å². The van der Waals surface area contributed by atoms with Crippen molar-refractivity contribution in [1.29, 1.82) is 15.8 Å². The van der Waals surface area contributed by atoms with E-state index in [9.17, 15) is 4.39 Å². The molecule has 0 amide bonds. The average Bonchev–Trinajstić information content (AvgIpc) is 2.50. The molecule has 0 aromatic heterocycles. The quantitative estimate of drug-likeness (QED) is 0.634. The fourth-order valence-electron chi connectivity index (χ4n) is 1.40. The van der Waals surface area contributed by atoms with Crippen molar-refractivity contribution >= 4 is 5.69 Å². The summed E-state index contributed by atoms with van der Waals surface area (Å²) in [5.41, 5.74) is -0.530. The Balaban J connectivity index is 3.12. The largest absolute Gasteiger partial charge is 0.486 e. The molecule has 0 saturated carbocycles. The molecule has 0 unspecified atom stereocenters. The van der Waals surface area contributed by atoms with Gasteiger partial charge in [-0.25, -0.2) is 4.39 Å². The molecule has 0 aliphatic rings. The topological polar surface area (TPSA) is 102 Å². The summed E-state index contributed by atoms with van der Waals surface area (Å²) in [6, 6.07) is 8.94. The maximum Gasteiger partial charge on any atom is 0.178 e. The Morgan fingerprint density at radius 3 is 2.48 bits per heavy atom. The molecule has 0 spiro atoms. The number of halogens is 1. The summed E-state index contributed by atoms with van der Waals surface area (Å²) in [5.74, 6) is -0.749. The number of hydrogen-bond donors (Lipinski definition) is 1. The molecule has 1 N–H and O–H groups in total. The fraction of sp³-hybridized carbons (Fsp3) is 0.214. The number of nitrogens with zero attached hydrogens (tertiary/aromatic N) is 3. The van der Waals surface area contributed by atoms with Crippen LogP contribution in [0.4, 0.5) is 10.1 Å². The molecule has 7 heteroatoms. The number of methoxy groups -OCH3 is 1. The second-order valence-corrected chi connectivity index (χ2v) is 3.67. The number of benzene rings is 1. The third-order valence-corrected chi connectivity index (χ3v) is 2.35. The van der Waals surface area contributed by atoms with Crippen molar-refractivity contribution in [3.05, 3.63) is 35.3 Å². The number of nitriles is 3. The standard InChI is InChI=1S/C14H11FN4O2/c1-20-5-6-21-14-11(15)3-2-4-12(14)19-13(9-18)10(7-16)8-17/h2-4,19H,5-6H2,1H3. The molecular weight excluding hydrogens is 275 g/mol. The van der Waals surface area contributed by atoms with Gasteiger partial charge in [-0.3, -0.25) is 0 Å². The van der Waals surface area contributed by atoms with E-state index in [1.54, 1.807) is 18.2 Å². The Labute approximate surface area is 121 Å². The Morgan fingerprint density at radius 1 is 1.19 bits per heavy atom. The lowest BCUT2D eigenvalue weighted by atomic mass is 10.2. The summed E-state index contributed by atoms with van der Waals surface area (Å²) < 4.78 is 23.8. The maximum atomic E-state index is 13.8. The van der Waals surface area contributed by atoms with Crippen molar-refractivity contribution in [2.75, 3.05) is 25.6 Å². The first-order valence-corrected chi connectivity index (χ1v) is 5.79. The second-order valence-electron chi connectivity index (χ2n) is 3.67. The zero-order valence-electron chi connectivity index (χ0n) is 11.2. The normalized spacial score (nSPS) is 8.90. The number of allylic oxidation sites excluding steroid dienone is 2. The van der Waals surface area contributed by atoms with Crippen LogP contribution in [0.1, 0.15) is 0 Å². The SMILES string of the molecule is COCCOc1c(F)cccc1NC(C#N)=C(C#N)C#N. The van der Waals surface area contributed by atoms with Gasteiger partial charge in [-0.2, -0.15) is 15.8 Å². The highest BCUT2D eigenvalue weighted by Crippen LogP contribution is 2.29. The van der Waals surface area contributed by atoms with Crippen LogP contribution in [0.25, 0.3) is 0 Å². The van der Waals surface area contributed by atoms with E-state index in [-0.39, 0.29) is 30.3 Å². The predicted molar refractivity (Wildman–Crippen MR) is 71.3 cm³/mol. The first kappa shape index (κ1) is 16.0. The van der Waals surface area contributed by atoms with E-state index in [0.29, 0.717) is 0 Å². The molecular formula is C14H11FN4O2. The average molecular weight is 286 g/mol. The molecule has 0 atom stereocenters. The minimum absolute atomic E-state index is 0.112. The number of nitrogens with one attached hydrogen (secondary N) is 1. The monoisotopic (exact) mass is 286 g/mol. The van der Waals surface area contributed by atoms with Gasteiger partial charge in [0.15, 0.2) is 17.1 Å². The van der Waals surface area contributed by atoms with Crippen molar-refractivity contribution in [1.82, 2.24) is 0 Å². The zero-order chi connectivity index (χ0) is 15.7. The second kappa shape index (κ2) is 8.16. The Hall–Kier alpha value is -3.08. The molecule has 6 nitrogen and oxygen atoms in total. The van der Waals surface area contributed by atoms with Gasteiger partial charge in [0, 0.05) is 7.11 Å². The molecule has 106 valence electrons. The summed E-state index contributed by atoms with van der Waals surface area (Å²) in [4.78, 5) is 0. The fourth-order valence-corrected chi connectivity index (χ4v) is 1.40. The minimum Gasteiger partial charge on any atom is -0.486 e. The van der Waals surface area contributed by atoms with Crippen LogP contribution in [0.3, 0.4) is 0 Å². The Bertz CT molecular complexity index is 649. The highest BCUT2D eigenvalue weighted by molar-refractivity contribution is 5.64. The number of anilines is 1. The molecule has 1 aromatic carbocycles. The Morgan fingerprint density at radius 2 is 1.90 bits per heavy atom. The molecule has 0 bridgehead atoms. The van der Waals surface area contributed by atoms with Crippen LogP contribution >= 0.6 is 0 Å². The van der Waals surface area contributed by atoms with Gasteiger partial charge < -0.3 is 14.8 Å². The van der Waals surface area contributed by atoms with Crippen molar-refractivity contribution in [3.63, 3.8) is 0 Å². The lowest BCUT2D eigenvalue weighted by Gasteiger charge is -2.13. The van der Waals surface area contributed by atoms with Crippen LogP contribution in [-0.2, 0) is 4.74 Å². The van der Waals surface area contributed by atoms with E-state index in [4.69, 9.17) is 25.3 Å². The number of ether oxygens (including phenoxy) is 2. The first-order chi connectivity index (χ1) is 10.2. The zero-order valence-corrected chi connectivity index (χ0v) is 11.2. The van der Waals surface area contributed by atoms with Crippen LogP contribution in [0.15, 0.2) is 29.5 Å². The predicted octanol–water partition coefficient (Wildman–Crippen LogP) is 2.09. The van der Waals surface area contributed by atoms with Gasteiger partial charge in [-0.1, -0.05) is 6.07 Å². The lowest BCUT2D eigenvalue weighted by Crippen LogP contribution is -2.09. The molecule has 21 heavy (non-hydrogen) atoms.